The van der Waals surface area contributed by atoms with Crippen molar-refractivity contribution in [3.05, 3.63) is 60.1 Å². The van der Waals surface area contributed by atoms with E-state index >= 15 is 0 Å². The highest BCUT2D eigenvalue weighted by molar-refractivity contribution is 5.94. The molecular formula is C23H24FN3O2. The van der Waals surface area contributed by atoms with Crippen molar-refractivity contribution in [3.63, 3.8) is 0 Å². The number of fused-ring (bicyclic) bond motifs is 1. The summed E-state index contributed by atoms with van der Waals surface area (Å²) in [5.41, 5.74) is 4.07. The van der Waals surface area contributed by atoms with E-state index in [4.69, 9.17) is 4.74 Å². The summed E-state index contributed by atoms with van der Waals surface area (Å²) in [7, 11) is 1.90. The molecule has 0 fully saturated rings. The lowest BCUT2D eigenvalue weighted by Gasteiger charge is -2.24. The normalized spacial score (nSPS) is 14.4. The van der Waals surface area contributed by atoms with Gasteiger partial charge in [-0.05, 0) is 61.7 Å². The Bertz CT molecular complexity index is 1120. The van der Waals surface area contributed by atoms with Crippen LogP contribution >= 0.6 is 0 Å². The minimum atomic E-state index is -0.521. The van der Waals surface area contributed by atoms with Crippen molar-refractivity contribution in [2.24, 2.45) is 7.05 Å². The number of ether oxygens (including phenoxy) is 1. The van der Waals surface area contributed by atoms with Crippen LogP contribution in [-0.4, -0.2) is 39.5 Å². The van der Waals surface area contributed by atoms with E-state index in [2.05, 4.69) is 5.10 Å². The van der Waals surface area contributed by atoms with Crippen molar-refractivity contribution >= 4 is 22.6 Å². The van der Waals surface area contributed by atoms with Gasteiger partial charge in [0.1, 0.15) is 11.4 Å². The van der Waals surface area contributed by atoms with Crippen LogP contribution in [-0.2, 0) is 11.8 Å². The quantitative estimate of drug-likeness (QED) is 0.615. The van der Waals surface area contributed by atoms with E-state index in [0.29, 0.717) is 13.1 Å². The van der Waals surface area contributed by atoms with Crippen molar-refractivity contribution in [1.82, 2.24) is 14.7 Å². The minimum Gasteiger partial charge on any atom is -0.444 e. The fraction of sp³-hybridized carbons (Fsp3) is 0.304. The molecule has 0 radical (unpaired) electrons. The summed E-state index contributed by atoms with van der Waals surface area (Å²) >= 11 is 0. The van der Waals surface area contributed by atoms with Crippen LogP contribution in [0.15, 0.2) is 48.5 Å². The largest absolute Gasteiger partial charge is 0.444 e. The highest BCUT2D eigenvalue weighted by Gasteiger charge is 2.27. The molecule has 1 amide bonds. The predicted octanol–water partition coefficient (Wildman–Crippen LogP) is 5.01. The van der Waals surface area contributed by atoms with E-state index in [1.807, 2.05) is 62.8 Å². The minimum absolute atomic E-state index is 0.261. The molecule has 0 saturated carbocycles. The average Bonchev–Trinajstić information content (AvgIpc) is 3.23. The van der Waals surface area contributed by atoms with Crippen LogP contribution in [0.2, 0.25) is 0 Å². The third-order valence-electron chi connectivity index (χ3n) is 4.87. The van der Waals surface area contributed by atoms with Crippen molar-refractivity contribution in [2.75, 3.05) is 13.1 Å². The molecule has 1 aliphatic rings. The van der Waals surface area contributed by atoms with E-state index in [-0.39, 0.29) is 11.9 Å². The second kappa shape index (κ2) is 7.03. The van der Waals surface area contributed by atoms with Gasteiger partial charge in [0.25, 0.3) is 0 Å². The Hall–Kier alpha value is -3.15. The van der Waals surface area contributed by atoms with Gasteiger partial charge in [-0.25, -0.2) is 9.18 Å². The molecule has 0 spiro atoms. The van der Waals surface area contributed by atoms with Crippen LogP contribution < -0.4 is 0 Å². The van der Waals surface area contributed by atoms with Gasteiger partial charge in [0.2, 0.25) is 0 Å². The SMILES string of the molecule is Cn1nc2cc(-c3cccc(F)c3)ccc2c1C1=CCN(C(=O)OC(C)(C)C)C1. The lowest BCUT2D eigenvalue weighted by molar-refractivity contribution is 0.0306. The van der Waals surface area contributed by atoms with Gasteiger partial charge in [-0.15, -0.1) is 0 Å². The van der Waals surface area contributed by atoms with Crippen LogP contribution in [0.5, 0.6) is 0 Å². The Kier molecular flexibility index (Phi) is 4.65. The first kappa shape index (κ1) is 19.2. The number of aromatic nitrogens is 2. The van der Waals surface area contributed by atoms with E-state index in [9.17, 15) is 9.18 Å². The van der Waals surface area contributed by atoms with Gasteiger partial charge in [-0.2, -0.15) is 5.10 Å². The maximum absolute atomic E-state index is 13.6. The number of amides is 1. The van der Waals surface area contributed by atoms with E-state index in [0.717, 1.165) is 33.3 Å². The fourth-order valence-corrected chi connectivity index (χ4v) is 3.62. The Labute approximate surface area is 169 Å². The first-order valence-electron chi connectivity index (χ1n) is 9.61. The number of rotatable bonds is 2. The molecule has 0 unspecified atom stereocenters. The smallest absolute Gasteiger partial charge is 0.410 e. The Morgan fingerprint density at radius 3 is 2.62 bits per heavy atom. The predicted molar refractivity (Wildman–Crippen MR) is 112 cm³/mol. The first-order valence-corrected chi connectivity index (χ1v) is 9.61. The van der Waals surface area contributed by atoms with Crippen molar-refractivity contribution in [3.8, 4) is 11.1 Å². The molecule has 1 aliphatic heterocycles. The van der Waals surface area contributed by atoms with Crippen LogP contribution in [0.25, 0.3) is 27.6 Å². The number of hydrogen-bond donors (Lipinski definition) is 0. The average molecular weight is 393 g/mol. The number of halogens is 1. The van der Waals surface area contributed by atoms with Crippen LogP contribution in [0.4, 0.5) is 9.18 Å². The van der Waals surface area contributed by atoms with Gasteiger partial charge in [0.05, 0.1) is 17.8 Å². The molecule has 0 N–H and O–H groups in total. The summed E-state index contributed by atoms with van der Waals surface area (Å²) in [4.78, 5) is 14.1. The third kappa shape index (κ3) is 3.88. The number of hydrogen-bond acceptors (Lipinski definition) is 3. The molecule has 2 aromatic carbocycles. The molecule has 3 aromatic rings. The fourth-order valence-electron chi connectivity index (χ4n) is 3.62. The number of aryl methyl sites for hydroxylation is 1. The Balaban J connectivity index is 1.62. The monoisotopic (exact) mass is 393 g/mol. The summed E-state index contributed by atoms with van der Waals surface area (Å²) < 4.78 is 20.9. The molecule has 0 aliphatic carbocycles. The molecule has 0 bridgehead atoms. The summed E-state index contributed by atoms with van der Waals surface area (Å²) in [6.07, 6.45) is 1.73. The maximum atomic E-state index is 13.6. The molecule has 29 heavy (non-hydrogen) atoms. The summed E-state index contributed by atoms with van der Waals surface area (Å²) in [5, 5.41) is 5.65. The van der Waals surface area contributed by atoms with E-state index in [1.165, 1.54) is 12.1 Å². The maximum Gasteiger partial charge on any atom is 0.410 e. The van der Waals surface area contributed by atoms with Crippen molar-refractivity contribution < 1.29 is 13.9 Å². The number of nitrogens with zero attached hydrogens (tertiary/aromatic N) is 3. The van der Waals surface area contributed by atoms with E-state index in [1.54, 1.807) is 11.0 Å². The first-order chi connectivity index (χ1) is 13.7. The third-order valence-corrected chi connectivity index (χ3v) is 4.87. The van der Waals surface area contributed by atoms with E-state index < -0.39 is 5.60 Å². The molecule has 1 aromatic heterocycles. The van der Waals surface area contributed by atoms with Crippen molar-refractivity contribution in [1.29, 1.82) is 0 Å². The number of carbonyl (C=O) groups is 1. The van der Waals surface area contributed by atoms with Gasteiger partial charge in [0, 0.05) is 19.0 Å². The topological polar surface area (TPSA) is 47.4 Å². The van der Waals surface area contributed by atoms with Gasteiger partial charge in [0.15, 0.2) is 0 Å². The van der Waals surface area contributed by atoms with Gasteiger partial charge in [-0.3, -0.25) is 4.68 Å². The Morgan fingerprint density at radius 1 is 1.14 bits per heavy atom. The number of benzene rings is 2. The lowest BCUT2D eigenvalue weighted by atomic mass is 10.0. The second-order valence-electron chi connectivity index (χ2n) is 8.30. The molecule has 150 valence electrons. The molecule has 0 atom stereocenters. The lowest BCUT2D eigenvalue weighted by Crippen LogP contribution is -2.35. The summed E-state index contributed by atoms with van der Waals surface area (Å²) in [5.74, 6) is -0.261. The molecule has 2 heterocycles. The van der Waals surface area contributed by atoms with Crippen LogP contribution in [0.1, 0.15) is 26.5 Å². The highest BCUT2D eigenvalue weighted by atomic mass is 19.1. The molecule has 4 rings (SSSR count). The zero-order valence-corrected chi connectivity index (χ0v) is 17.1. The molecule has 5 nitrogen and oxygen atoms in total. The molecular weight excluding hydrogens is 369 g/mol. The van der Waals surface area contributed by atoms with Crippen LogP contribution in [0.3, 0.4) is 0 Å². The van der Waals surface area contributed by atoms with Gasteiger partial charge < -0.3 is 9.64 Å². The molecule has 0 saturated heterocycles. The zero-order valence-electron chi connectivity index (χ0n) is 17.1. The van der Waals surface area contributed by atoms with Crippen molar-refractivity contribution in [2.45, 2.75) is 26.4 Å². The zero-order chi connectivity index (χ0) is 20.8. The highest BCUT2D eigenvalue weighted by Crippen LogP contribution is 2.31. The Morgan fingerprint density at radius 2 is 1.90 bits per heavy atom. The standard InChI is InChI=1S/C23H24FN3O2/c1-23(2,3)29-22(28)27-11-10-17(14-27)21-19-9-8-16(13-20(19)25-26(21)4)15-6-5-7-18(24)12-15/h5-10,12-13H,11,14H2,1-4H3. The molecule has 6 heteroatoms. The summed E-state index contributed by atoms with van der Waals surface area (Å²) in [6.45, 7) is 6.58. The summed E-state index contributed by atoms with van der Waals surface area (Å²) in [6, 6.07) is 12.5. The van der Waals surface area contributed by atoms with Crippen LogP contribution in [0, 0.1) is 5.82 Å². The second-order valence-corrected chi connectivity index (χ2v) is 8.30. The van der Waals surface area contributed by atoms with Gasteiger partial charge >= 0.3 is 6.09 Å². The number of carbonyl (C=O) groups excluding carboxylic acids is 1. The van der Waals surface area contributed by atoms with Gasteiger partial charge in [-0.1, -0.05) is 24.3 Å².